The smallest absolute Gasteiger partial charge is 0.381 e. The molecule has 0 aromatic carbocycles. The molecule has 1 nitrogen and oxygen atoms in total. The Balaban J connectivity index is 4.76. The number of rotatable bonds is 8. The molecule has 0 spiro atoms. The molecule has 0 aliphatic carbocycles. The Bertz CT molecular complexity index is 240. The minimum Gasteiger partial charge on any atom is -0.381 e. The van der Waals surface area contributed by atoms with Gasteiger partial charge in [-0.05, 0) is 31.1 Å². The van der Waals surface area contributed by atoms with Gasteiger partial charge in [0.15, 0.2) is 0 Å². The first-order valence-electron chi connectivity index (χ1n) is 6.78. The zero-order chi connectivity index (χ0) is 14.4. The maximum Gasteiger partial charge on any atom is 0.394 e. The van der Waals surface area contributed by atoms with Crippen LogP contribution in [0.3, 0.4) is 0 Å². The molecule has 2 atom stereocenters. The zero-order valence-corrected chi connectivity index (χ0v) is 12.3. The molecule has 18 heavy (non-hydrogen) atoms. The molecule has 4 heteroatoms. The van der Waals surface area contributed by atoms with Crippen molar-refractivity contribution in [3.05, 3.63) is 0 Å². The average Bonchev–Trinajstić information content (AvgIpc) is 2.27. The van der Waals surface area contributed by atoms with E-state index in [1.807, 2.05) is 20.8 Å². The van der Waals surface area contributed by atoms with Gasteiger partial charge in [0.25, 0.3) is 0 Å². The highest BCUT2D eigenvalue weighted by Gasteiger charge is 2.52. The molecule has 110 valence electrons. The van der Waals surface area contributed by atoms with Gasteiger partial charge in [-0.25, -0.2) is 0 Å². The zero-order valence-electron chi connectivity index (χ0n) is 12.3. The van der Waals surface area contributed by atoms with Crippen LogP contribution in [0.5, 0.6) is 0 Å². The summed E-state index contributed by atoms with van der Waals surface area (Å²) >= 11 is 0. The Labute approximate surface area is 109 Å². The highest BCUT2D eigenvalue weighted by atomic mass is 19.4. The van der Waals surface area contributed by atoms with E-state index in [2.05, 4.69) is 0 Å². The molecule has 0 bridgehead atoms. The quantitative estimate of drug-likeness (QED) is 0.550. The van der Waals surface area contributed by atoms with E-state index in [0.29, 0.717) is 19.6 Å². The molecule has 0 aliphatic heterocycles. The largest absolute Gasteiger partial charge is 0.394 e. The normalized spacial score (nSPS) is 19.3. The summed E-state index contributed by atoms with van der Waals surface area (Å²) in [5.74, 6) is 0. The van der Waals surface area contributed by atoms with Crippen molar-refractivity contribution in [1.29, 1.82) is 0 Å². The van der Waals surface area contributed by atoms with Gasteiger partial charge < -0.3 is 4.74 Å². The van der Waals surface area contributed by atoms with Crippen LogP contribution in [0.4, 0.5) is 13.2 Å². The van der Waals surface area contributed by atoms with Gasteiger partial charge in [-0.3, -0.25) is 0 Å². The van der Waals surface area contributed by atoms with Crippen LogP contribution in [-0.2, 0) is 4.74 Å². The van der Waals surface area contributed by atoms with Crippen LogP contribution in [0.1, 0.15) is 60.3 Å². The van der Waals surface area contributed by atoms with E-state index in [-0.39, 0.29) is 12.8 Å². The minimum atomic E-state index is -4.15. The number of halogens is 3. The van der Waals surface area contributed by atoms with Crippen molar-refractivity contribution >= 4 is 0 Å². The highest BCUT2D eigenvalue weighted by molar-refractivity contribution is 4.88. The lowest BCUT2D eigenvalue weighted by atomic mass is 9.70. The van der Waals surface area contributed by atoms with Gasteiger partial charge in [-0.1, -0.05) is 34.6 Å². The van der Waals surface area contributed by atoms with Crippen LogP contribution >= 0.6 is 0 Å². The summed E-state index contributed by atoms with van der Waals surface area (Å²) in [6, 6.07) is 0. The standard InChI is InChI=1S/C14H27F3O/c1-6-9-18-11-12(4,7-2)10-13(5,8-3)14(15,16)17/h6-11H2,1-5H3. The van der Waals surface area contributed by atoms with E-state index in [1.54, 1.807) is 6.92 Å². The molecular weight excluding hydrogens is 241 g/mol. The SMILES string of the molecule is CCCOCC(C)(CC)CC(C)(CC)C(F)(F)F. The van der Waals surface area contributed by atoms with E-state index in [4.69, 9.17) is 4.74 Å². The topological polar surface area (TPSA) is 9.23 Å². The Morgan fingerprint density at radius 2 is 1.50 bits per heavy atom. The van der Waals surface area contributed by atoms with Gasteiger partial charge in [0.1, 0.15) is 0 Å². The van der Waals surface area contributed by atoms with Crippen molar-refractivity contribution in [2.75, 3.05) is 13.2 Å². The summed E-state index contributed by atoms with van der Waals surface area (Å²) in [5, 5.41) is 0. The molecule has 0 rings (SSSR count). The predicted octanol–water partition coefficient (Wildman–Crippen LogP) is 5.20. The molecular formula is C14H27F3O. The van der Waals surface area contributed by atoms with Crippen LogP contribution in [0.25, 0.3) is 0 Å². The fraction of sp³-hybridized carbons (Fsp3) is 1.00. The van der Waals surface area contributed by atoms with Crippen molar-refractivity contribution in [2.45, 2.75) is 66.5 Å². The summed E-state index contributed by atoms with van der Waals surface area (Å²) in [5.41, 5.74) is -2.03. The van der Waals surface area contributed by atoms with Crippen molar-refractivity contribution in [3.8, 4) is 0 Å². The molecule has 0 aromatic heterocycles. The second kappa shape index (κ2) is 6.78. The van der Waals surface area contributed by atoms with Gasteiger partial charge in [0, 0.05) is 6.61 Å². The predicted molar refractivity (Wildman–Crippen MR) is 68.6 cm³/mol. The molecule has 0 saturated carbocycles. The molecule has 0 saturated heterocycles. The molecule has 0 fully saturated rings. The first-order chi connectivity index (χ1) is 8.14. The van der Waals surface area contributed by atoms with Crippen LogP contribution in [0, 0.1) is 10.8 Å². The summed E-state index contributed by atoms with van der Waals surface area (Å²) in [6.45, 7) is 9.77. The minimum absolute atomic E-state index is 0.111. The molecule has 0 aliphatic rings. The summed E-state index contributed by atoms with van der Waals surface area (Å²) < 4.78 is 44.8. The van der Waals surface area contributed by atoms with E-state index in [9.17, 15) is 13.2 Å². The van der Waals surface area contributed by atoms with Crippen LogP contribution in [-0.4, -0.2) is 19.4 Å². The van der Waals surface area contributed by atoms with Crippen molar-refractivity contribution in [2.24, 2.45) is 10.8 Å². The van der Waals surface area contributed by atoms with E-state index < -0.39 is 17.0 Å². The average molecular weight is 268 g/mol. The van der Waals surface area contributed by atoms with Crippen molar-refractivity contribution < 1.29 is 17.9 Å². The lowest BCUT2D eigenvalue weighted by Crippen LogP contribution is -2.40. The van der Waals surface area contributed by atoms with E-state index in [0.717, 1.165) is 6.42 Å². The summed E-state index contributed by atoms with van der Waals surface area (Å²) in [6.07, 6.45) is -2.32. The van der Waals surface area contributed by atoms with Crippen molar-refractivity contribution in [3.63, 3.8) is 0 Å². The maximum absolute atomic E-state index is 13.1. The lowest BCUT2D eigenvalue weighted by molar-refractivity contribution is -0.231. The highest BCUT2D eigenvalue weighted by Crippen LogP contribution is 2.49. The molecule has 0 aromatic rings. The summed E-state index contributed by atoms with van der Waals surface area (Å²) in [7, 11) is 0. The molecule has 0 heterocycles. The van der Waals surface area contributed by atoms with Crippen LogP contribution in [0.2, 0.25) is 0 Å². The number of hydrogen-bond donors (Lipinski definition) is 0. The molecule has 2 unspecified atom stereocenters. The Hall–Kier alpha value is -0.250. The van der Waals surface area contributed by atoms with E-state index in [1.165, 1.54) is 6.92 Å². The molecule has 0 amide bonds. The first kappa shape index (κ1) is 17.8. The summed E-state index contributed by atoms with van der Waals surface area (Å²) in [4.78, 5) is 0. The van der Waals surface area contributed by atoms with Gasteiger partial charge in [-0.15, -0.1) is 0 Å². The van der Waals surface area contributed by atoms with E-state index >= 15 is 0 Å². The third-order valence-electron chi connectivity index (χ3n) is 3.93. The van der Waals surface area contributed by atoms with Gasteiger partial charge in [-0.2, -0.15) is 13.2 Å². The van der Waals surface area contributed by atoms with Crippen molar-refractivity contribution in [1.82, 2.24) is 0 Å². The monoisotopic (exact) mass is 268 g/mol. The van der Waals surface area contributed by atoms with Gasteiger partial charge >= 0.3 is 6.18 Å². The second-order valence-electron chi connectivity index (χ2n) is 5.81. The van der Waals surface area contributed by atoms with Gasteiger partial charge in [0.2, 0.25) is 0 Å². The maximum atomic E-state index is 13.1. The molecule has 0 N–H and O–H groups in total. The third-order valence-corrected chi connectivity index (χ3v) is 3.93. The Morgan fingerprint density at radius 1 is 0.944 bits per heavy atom. The second-order valence-corrected chi connectivity index (χ2v) is 5.81. The number of alkyl halides is 3. The third kappa shape index (κ3) is 4.79. The van der Waals surface area contributed by atoms with Gasteiger partial charge in [0.05, 0.1) is 12.0 Å². The fourth-order valence-electron chi connectivity index (χ4n) is 2.11. The first-order valence-corrected chi connectivity index (χ1v) is 6.78. The fourth-order valence-corrected chi connectivity index (χ4v) is 2.11. The Kier molecular flexibility index (Phi) is 6.69. The number of hydrogen-bond acceptors (Lipinski definition) is 1. The lowest BCUT2D eigenvalue weighted by Gasteiger charge is -2.39. The van der Waals surface area contributed by atoms with Crippen LogP contribution in [0.15, 0.2) is 0 Å². The number of ether oxygens (including phenoxy) is 1. The Morgan fingerprint density at radius 3 is 1.83 bits per heavy atom. The van der Waals surface area contributed by atoms with Crippen LogP contribution < -0.4 is 0 Å². The molecule has 0 radical (unpaired) electrons.